The van der Waals surface area contributed by atoms with Gasteiger partial charge in [-0.1, -0.05) is 79.0 Å². The average molecular weight is 409 g/mol. The molecule has 1 N–H and O–H groups in total. The van der Waals surface area contributed by atoms with Crippen LogP contribution in [0.3, 0.4) is 0 Å². The summed E-state index contributed by atoms with van der Waals surface area (Å²) in [4.78, 5) is 0. The third-order valence-corrected chi connectivity index (χ3v) is 5.22. The smallest absolute Gasteiger partial charge is 0.265 e. The predicted molar refractivity (Wildman–Crippen MR) is 96.1 cm³/mol. The summed E-state index contributed by atoms with van der Waals surface area (Å²) >= 11 is 17.1. The molecule has 0 spiro atoms. The second kappa shape index (κ2) is 7.59. The maximum Gasteiger partial charge on any atom is 0.265 e. The van der Waals surface area contributed by atoms with Crippen molar-refractivity contribution in [1.82, 2.24) is 0 Å². The molecule has 1 aromatic rings. The van der Waals surface area contributed by atoms with Crippen molar-refractivity contribution in [3.8, 4) is 0 Å². The van der Waals surface area contributed by atoms with Gasteiger partial charge in [0.1, 0.15) is 6.10 Å². The Balaban J connectivity index is 1.68. The molecule has 2 aliphatic rings. The van der Waals surface area contributed by atoms with Gasteiger partial charge in [-0.2, -0.15) is 0 Å². The molecule has 0 bridgehead atoms. The lowest BCUT2D eigenvalue weighted by Crippen LogP contribution is -2.56. The number of fused-ring (bicyclic) bond motifs is 1. The molecular formula is C17H20Cl3NO4. The molecule has 0 aromatic heterocycles. The molecule has 2 fully saturated rings. The van der Waals surface area contributed by atoms with Crippen LogP contribution in [-0.2, 0) is 18.9 Å². The number of benzene rings is 1. The average Bonchev–Trinajstić information content (AvgIpc) is 2.59. The maximum absolute atomic E-state index is 7.75. The fraction of sp³-hybridized carbons (Fsp3) is 0.588. The zero-order valence-corrected chi connectivity index (χ0v) is 16.1. The number of rotatable bonds is 2. The SMILES string of the molecule is CC1[C@H](OC(=N)C(Cl)(Cl)Cl)OC2COC(c3ccccc3)O[C@@H]2[C@@H]1C. The van der Waals surface area contributed by atoms with Crippen LogP contribution < -0.4 is 0 Å². The monoisotopic (exact) mass is 407 g/mol. The van der Waals surface area contributed by atoms with Gasteiger partial charge < -0.3 is 18.9 Å². The summed E-state index contributed by atoms with van der Waals surface area (Å²) in [6, 6.07) is 9.78. The van der Waals surface area contributed by atoms with Gasteiger partial charge in [-0.05, 0) is 5.92 Å². The van der Waals surface area contributed by atoms with E-state index in [1.807, 2.05) is 37.3 Å². The van der Waals surface area contributed by atoms with E-state index in [0.717, 1.165) is 5.56 Å². The fourth-order valence-electron chi connectivity index (χ4n) is 3.07. The molecule has 2 heterocycles. The summed E-state index contributed by atoms with van der Waals surface area (Å²) in [5, 5.41) is 7.75. The fourth-order valence-corrected chi connectivity index (χ4v) is 3.21. The normalized spacial score (nSPS) is 35.7. The molecule has 8 heteroatoms. The highest BCUT2D eigenvalue weighted by atomic mass is 35.6. The molecule has 0 saturated carbocycles. The van der Waals surface area contributed by atoms with Crippen molar-refractivity contribution < 1.29 is 18.9 Å². The summed E-state index contributed by atoms with van der Waals surface area (Å²) in [6.07, 6.45) is -1.56. The standard InChI is InChI=1S/C17H20Cl3NO4/c1-9-10(2)14(25-16(21)17(18,19)20)23-12-8-22-15(24-13(9)12)11-6-4-3-5-7-11/h3-7,9-10,12-15,21H,8H2,1-2H3/t9-,10?,12?,13-,14+,15?/m1/s1. The number of hydrogen-bond donors (Lipinski definition) is 1. The highest BCUT2D eigenvalue weighted by Crippen LogP contribution is 2.40. The van der Waals surface area contributed by atoms with Crippen molar-refractivity contribution in [2.24, 2.45) is 11.8 Å². The van der Waals surface area contributed by atoms with Crippen molar-refractivity contribution in [2.75, 3.05) is 6.61 Å². The van der Waals surface area contributed by atoms with Crippen LogP contribution in [0.2, 0.25) is 0 Å². The summed E-state index contributed by atoms with van der Waals surface area (Å²) < 4.78 is 21.4. The van der Waals surface area contributed by atoms with Crippen molar-refractivity contribution in [3.05, 3.63) is 35.9 Å². The third kappa shape index (κ3) is 4.24. The van der Waals surface area contributed by atoms with Gasteiger partial charge in [0.25, 0.3) is 3.79 Å². The van der Waals surface area contributed by atoms with Crippen LogP contribution in [0.25, 0.3) is 0 Å². The maximum atomic E-state index is 7.75. The number of nitrogens with one attached hydrogen (secondary N) is 1. The molecule has 2 aliphatic heterocycles. The zero-order valence-electron chi connectivity index (χ0n) is 13.8. The molecular weight excluding hydrogens is 389 g/mol. The Labute approximate surface area is 161 Å². The third-order valence-electron chi connectivity index (χ3n) is 4.71. The van der Waals surface area contributed by atoms with E-state index in [9.17, 15) is 0 Å². The highest BCUT2D eigenvalue weighted by molar-refractivity contribution is 6.76. The molecule has 1 aromatic carbocycles. The summed E-state index contributed by atoms with van der Waals surface area (Å²) in [5.74, 6) is -0.398. The predicted octanol–water partition coefficient (Wildman–Crippen LogP) is 4.46. The van der Waals surface area contributed by atoms with Gasteiger partial charge in [-0.3, -0.25) is 5.41 Å². The van der Waals surface area contributed by atoms with Crippen molar-refractivity contribution >= 4 is 40.7 Å². The van der Waals surface area contributed by atoms with E-state index in [-0.39, 0.29) is 24.0 Å². The topological polar surface area (TPSA) is 60.8 Å². The van der Waals surface area contributed by atoms with E-state index in [0.29, 0.717) is 6.61 Å². The van der Waals surface area contributed by atoms with Gasteiger partial charge in [0, 0.05) is 11.5 Å². The van der Waals surface area contributed by atoms with E-state index in [4.69, 9.17) is 59.2 Å². The van der Waals surface area contributed by atoms with E-state index in [2.05, 4.69) is 6.92 Å². The Morgan fingerprint density at radius 1 is 1.12 bits per heavy atom. The zero-order chi connectivity index (χ0) is 18.2. The van der Waals surface area contributed by atoms with Gasteiger partial charge in [-0.15, -0.1) is 0 Å². The minimum absolute atomic E-state index is 0.0523. The largest absolute Gasteiger partial charge is 0.448 e. The van der Waals surface area contributed by atoms with Crippen LogP contribution in [0.15, 0.2) is 30.3 Å². The van der Waals surface area contributed by atoms with Crippen LogP contribution in [-0.4, -0.2) is 34.8 Å². The number of halogens is 3. The Morgan fingerprint density at radius 2 is 1.80 bits per heavy atom. The lowest BCUT2D eigenvalue weighted by molar-refractivity contribution is -0.333. The van der Waals surface area contributed by atoms with Crippen LogP contribution in [0.1, 0.15) is 25.7 Å². The van der Waals surface area contributed by atoms with Gasteiger partial charge in [0.05, 0.1) is 12.7 Å². The minimum Gasteiger partial charge on any atom is -0.448 e. The number of ether oxygens (including phenoxy) is 4. The second-order valence-corrected chi connectivity index (χ2v) is 8.66. The summed E-state index contributed by atoms with van der Waals surface area (Å²) in [5.41, 5.74) is 0.970. The first-order valence-corrected chi connectivity index (χ1v) is 9.20. The van der Waals surface area contributed by atoms with E-state index < -0.39 is 22.3 Å². The molecule has 0 radical (unpaired) electrons. The van der Waals surface area contributed by atoms with Gasteiger partial charge in [0.2, 0.25) is 12.2 Å². The van der Waals surface area contributed by atoms with Crippen LogP contribution in [0.4, 0.5) is 0 Å². The Hall–Kier alpha value is -0.560. The van der Waals surface area contributed by atoms with Crippen molar-refractivity contribution in [2.45, 2.75) is 42.4 Å². The van der Waals surface area contributed by atoms with E-state index in [1.54, 1.807) is 0 Å². The number of hydrogen-bond acceptors (Lipinski definition) is 5. The molecule has 0 amide bonds. The minimum atomic E-state index is -1.92. The molecule has 3 rings (SSSR count). The van der Waals surface area contributed by atoms with Gasteiger partial charge in [0.15, 0.2) is 6.29 Å². The molecule has 25 heavy (non-hydrogen) atoms. The first kappa shape index (κ1) is 19.2. The van der Waals surface area contributed by atoms with E-state index in [1.165, 1.54) is 0 Å². The van der Waals surface area contributed by atoms with Crippen LogP contribution in [0, 0.1) is 17.2 Å². The van der Waals surface area contributed by atoms with E-state index >= 15 is 0 Å². The lowest BCUT2D eigenvalue weighted by atomic mass is 9.84. The van der Waals surface area contributed by atoms with Gasteiger partial charge in [-0.25, -0.2) is 0 Å². The number of alkyl halides is 3. The first-order chi connectivity index (χ1) is 11.8. The van der Waals surface area contributed by atoms with Gasteiger partial charge >= 0.3 is 0 Å². The molecule has 0 aliphatic carbocycles. The lowest BCUT2D eigenvalue weighted by Gasteiger charge is -2.47. The summed E-state index contributed by atoms with van der Waals surface area (Å²) in [7, 11) is 0. The van der Waals surface area contributed by atoms with Crippen LogP contribution in [0.5, 0.6) is 0 Å². The molecule has 138 valence electrons. The molecule has 6 atom stereocenters. The Morgan fingerprint density at radius 3 is 2.44 bits per heavy atom. The van der Waals surface area contributed by atoms with Crippen LogP contribution >= 0.6 is 34.8 Å². The Kier molecular flexibility index (Phi) is 5.83. The van der Waals surface area contributed by atoms with Crippen molar-refractivity contribution in [1.29, 1.82) is 5.41 Å². The second-order valence-electron chi connectivity index (χ2n) is 6.38. The first-order valence-electron chi connectivity index (χ1n) is 8.07. The summed E-state index contributed by atoms with van der Waals surface area (Å²) in [6.45, 7) is 4.39. The van der Waals surface area contributed by atoms with Crippen molar-refractivity contribution in [3.63, 3.8) is 0 Å². The molecule has 2 saturated heterocycles. The molecule has 3 unspecified atom stereocenters. The quantitative estimate of drug-likeness (QED) is 0.446. The Bertz CT molecular complexity index is 608. The highest BCUT2D eigenvalue weighted by Gasteiger charge is 2.48. The molecule has 5 nitrogen and oxygen atoms in total.